The van der Waals surface area contributed by atoms with E-state index in [1.54, 1.807) is 14.2 Å². The molecular weight excluding hydrogens is 250 g/mol. The van der Waals surface area contributed by atoms with Crippen molar-refractivity contribution < 1.29 is 9.47 Å². The van der Waals surface area contributed by atoms with E-state index in [2.05, 4.69) is 16.9 Å². The molecule has 0 aromatic carbocycles. The van der Waals surface area contributed by atoms with Gasteiger partial charge in [0.2, 0.25) is 5.88 Å². The van der Waals surface area contributed by atoms with Crippen molar-refractivity contribution in [1.29, 1.82) is 0 Å². The number of nitrogens with one attached hydrogen (secondary N) is 1. The summed E-state index contributed by atoms with van der Waals surface area (Å²) >= 11 is 5.34. The summed E-state index contributed by atoms with van der Waals surface area (Å²) in [6, 6.07) is 3.97. The van der Waals surface area contributed by atoms with Crippen molar-refractivity contribution in [2.75, 3.05) is 20.8 Å². The Labute approximate surface area is 111 Å². The van der Waals surface area contributed by atoms with E-state index >= 15 is 0 Å². The molecule has 0 amide bonds. The van der Waals surface area contributed by atoms with E-state index in [9.17, 15) is 0 Å². The molecule has 0 aliphatic rings. The Kier molecular flexibility index (Phi) is 3.98. The number of imidazole rings is 1. The summed E-state index contributed by atoms with van der Waals surface area (Å²) in [6.45, 7) is 2.79. The topological polar surface area (TPSA) is 52.1 Å². The molecule has 1 N–H and O–H groups in total. The SMILES string of the molecule is COCCC(C)n1c(=S)[nH]c2ccc(OC)nc21. The Balaban J connectivity index is 2.47. The molecule has 18 heavy (non-hydrogen) atoms. The van der Waals surface area contributed by atoms with Crippen LogP contribution < -0.4 is 4.74 Å². The first-order valence-electron chi connectivity index (χ1n) is 5.81. The molecule has 0 fully saturated rings. The Hall–Kier alpha value is -1.40. The number of rotatable bonds is 5. The lowest BCUT2D eigenvalue weighted by molar-refractivity contribution is 0.181. The highest BCUT2D eigenvalue weighted by molar-refractivity contribution is 7.71. The smallest absolute Gasteiger partial charge is 0.215 e. The van der Waals surface area contributed by atoms with E-state index in [-0.39, 0.29) is 6.04 Å². The molecule has 2 rings (SSSR count). The molecule has 2 aromatic heterocycles. The fraction of sp³-hybridized carbons (Fsp3) is 0.500. The summed E-state index contributed by atoms with van der Waals surface area (Å²) < 4.78 is 12.9. The Morgan fingerprint density at radius 1 is 1.44 bits per heavy atom. The van der Waals surface area contributed by atoms with Crippen molar-refractivity contribution >= 4 is 23.4 Å². The lowest BCUT2D eigenvalue weighted by Crippen LogP contribution is -2.08. The first-order chi connectivity index (χ1) is 8.67. The van der Waals surface area contributed by atoms with Crippen LogP contribution >= 0.6 is 12.2 Å². The zero-order chi connectivity index (χ0) is 13.1. The second kappa shape index (κ2) is 5.49. The predicted octanol–water partition coefficient (Wildman–Crippen LogP) is 2.70. The van der Waals surface area contributed by atoms with Crippen LogP contribution in [0.5, 0.6) is 5.88 Å². The maximum absolute atomic E-state index is 5.34. The molecule has 0 bridgehead atoms. The number of hydrogen-bond donors (Lipinski definition) is 1. The number of nitrogens with zero attached hydrogens (tertiary/aromatic N) is 2. The number of aromatic amines is 1. The summed E-state index contributed by atoms with van der Waals surface area (Å²) in [4.78, 5) is 7.60. The standard InChI is InChI=1S/C12H17N3O2S/c1-8(6-7-16-2)15-11-9(13-12(15)18)4-5-10(14-11)17-3/h4-5,8H,6-7H2,1-3H3,(H,13,18). The Morgan fingerprint density at radius 2 is 2.22 bits per heavy atom. The molecule has 1 unspecified atom stereocenters. The molecule has 0 aliphatic carbocycles. The first kappa shape index (κ1) is 13.0. The average molecular weight is 267 g/mol. The summed E-state index contributed by atoms with van der Waals surface area (Å²) in [6.07, 6.45) is 0.886. The number of fused-ring (bicyclic) bond motifs is 1. The molecule has 0 saturated heterocycles. The third kappa shape index (κ3) is 2.39. The molecule has 5 nitrogen and oxygen atoms in total. The van der Waals surface area contributed by atoms with E-state index in [1.807, 2.05) is 16.7 Å². The number of aromatic nitrogens is 3. The monoisotopic (exact) mass is 267 g/mol. The fourth-order valence-electron chi connectivity index (χ4n) is 1.92. The van der Waals surface area contributed by atoms with Gasteiger partial charge in [0.15, 0.2) is 10.4 Å². The first-order valence-corrected chi connectivity index (χ1v) is 6.22. The Bertz CT molecular complexity index is 591. The van der Waals surface area contributed by atoms with Gasteiger partial charge in [0.1, 0.15) is 0 Å². The maximum Gasteiger partial charge on any atom is 0.215 e. The molecule has 6 heteroatoms. The molecule has 0 aliphatic heterocycles. The number of pyridine rings is 1. The number of ether oxygens (including phenoxy) is 2. The molecule has 2 aromatic rings. The molecular formula is C12H17N3O2S. The Morgan fingerprint density at radius 3 is 2.89 bits per heavy atom. The minimum Gasteiger partial charge on any atom is -0.481 e. The second-order valence-corrected chi connectivity index (χ2v) is 4.54. The van der Waals surface area contributed by atoms with Gasteiger partial charge in [-0.15, -0.1) is 0 Å². The van der Waals surface area contributed by atoms with Gasteiger partial charge >= 0.3 is 0 Å². The van der Waals surface area contributed by atoms with Gasteiger partial charge in [-0.25, -0.2) is 0 Å². The third-order valence-electron chi connectivity index (χ3n) is 2.93. The second-order valence-electron chi connectivity index (χ2n) is 4.16. The van der Waals surface area contributed by atoms with Crippen LogP contribution in [0.4, 0.5) is 0 Å². The van der Waals surface area contributed by atoms with Gasteiger partial charge in [-0.05, 0) is 31.6 Å². The quantitative estimate of drug-likeness (QED) is 0.846. The minimum atomic E-state index is 0.228. The van der Waals surface area contributed by atoms with Crippen LogP contribution in [0, 0.1) is 4.77 Å². The summed E-state index contributed by atoms with van der Waals surface area (Å²) in [5, 5.41) is 0. The van der Waals surface area contributed by atoms with Crippen LogP contribution in [-0.2, 0) is 4.74 Å². The van der Waals surface area contributed by atoms with Crippen LogP contribution in [-0.4, -0.2) is 35.4 Å². The minimum absolute atomic E-state index is 0.228. The maximum atomic E-state index is 5.34. The van der Waals surface area contributed by atoms with Gasteiger partial charge in [0.25, 0.3) is 0 Å². The normalized spacial score (nSPS) is 12.8. The average Bonchev–Trinajstić information content (AvgIpc) is 2.70. The lowest BCUT2D eigenvalue weighted by atomic mass is 10.2. The van der Waals surface area contributed by atoms with Gasteiger partial charge in [0.05, 0.1) is 12.6 Å². The van der Waals surface area contributed by atoms with Crippen LogP contribution in [0.1, 0.15) is 19.4 Å². The molecule has 0 saturated carbocycles. The molecule has 0 spiro atoms. The molecule has 1 atom stereocenters. The van der Waals surface area contributed by atoms with Crippen molar-refractivity contribution in [1.82, 2.24) is 14.5 Å². The van der Waals surface area contributed by atoms with Gasteiger partial charge in [-0.3, -0.25) is 4.57 Å². The van der Waals surface area contributed by atoms with Gasteiger partial charge < -0.3 is 14.5 Å². The summed E-state index contributed by atoms with van der Waals surface area (Å²) in [5.74, 6) is 0.587. The summed E-state index contributed by atoms with van der Waals surface area (Å²) in [7, 11) is 3.30. The number of hydrogen-bond acceptors (Lipinski definition) is 4. The highest BCUT2D eigenvalue weighted by Gasteiger charge is 2.12. The van der Waals surface area contributed by atoms with Crippen LogP contribution in [0.3, 0.4) is 0 Å². The van der Waals surface area contributed by atoms with E-state index in [0.29, 0.717) is 17.3 Å². The van der Waals surface area contributed by atoms with Crippen molar-refractivity contribution in [3.05, 3.63) is 16.9 Å². The largest absolute Gasteiger partial charge is 0.481 e. The van der Waals surface area contributed by atoms with E-state index in [1.165, 1.54) is 0 Å². The van der Waals surface area contributed by atoms with Crippen molar-refractivity contribution in [3.8, 4) is 5.88 Å². The zero-order valence-corrected chi connectivity index (χ0v) is 11.6. The van der Waals surface area contributed by atoms with Crippen molar-refractivity contribution in [3.63, 3.8) is 0 Å². The lowest BCUT2D eigenvalue weighted by Gasteiger charge is -2.13. The van der Waals surface area contributed by atoms with Crippen LogP contribution in [0.25, 0.3) is 11.2 Å². The van der Waals surface area contributed by atoms with Crippen molar-refractivity contribution in [2.24, 2.45) is 0 Å². The van der Waals surface area contributed by atoms with Gasteiger partial charge in [0, 0.05) is 25.8 Å². The molecule has 0 radical (unpaired) electrons. The number of H-pyrrole nitrogens is 1. The molecule has 2 heterocycles. The van der Waals surface area contributed by atoms with Gasteiger partial charge in [-0.1, -0.05) is 0 Å². The van der Waals surface area contributed by atoms with Gasteiger partial charge in [-0.2, -0.15) is 4.98 Å². The predicted molar refractivity (Wildman–Crippen MR) is 72.7 cm³/mol. The van der Waals surface area contributed by atoms with E-state index in [4.69, 9.17) is 21.7 Å². The molecule has 98 valence electrons. The fourth-order valence-corrected chi connectivity index (χ4v) is 2.30. The van der Waals surface area contributed by atoms with E-state index < -0.39 is 0 Å². The highest BCUT2D eigenvalue weighted by atomic mass is 32.1. The van der Waals surface area contributed by atoms with Crippen LogP contribution in [0.15, 0.2) is 12.1 Å². The zero-order valence-electron chi connectivity index (χ0n) is 10.8. The highest BCUT2D eigenvalue weighted by Crippen LogP contribution is 2.21. The number of methoxy groups -OCH3 is 2. The van der Waals surface area contributed by atoms with Crippen molar-refractivity contribution in [2.45, 2.75) is 19.4 Å². The van der Waals surface area contributed by atoms with E-state index in [0.717, 1.165) is 17.6 Å². The third-order valence-corrected chi connectivity index (χ3v) is 3.23. The summed E-state index contributed by atoms with van der Waals surface area (Å²) in [5.41, 5.74) is 1.74. The van der Waals surface area contributed by atoms with Crippen LogP contribution in [0.2, 0.25) is 0 Å².